The molecule has 25 nitrogen and oxygen atoms in total. The first-order chi connectivity index (χ1) is 49.9. The minimum absolute atomic E-state index is 0.00649. The van der Waals surface area contributed by atoms with Gasteiger partial charge in [-0.1, -0.05) is 86.3 Å². The number of fused-ring (bicyclic) bond motifs is 3. The second-order valence-corrected chi connectivity index (χ2v) is 32.1. The summed E-state index contributed by atoms with van der Waals surface area (Å²) >= 11 is 0. The van der Waals surface area contributed by atoms with Crippen molar-refractivity contribution in [2.24, 2.45) is 35.0 Å². The predicted octanol–water partition coefficient (Wildman–Crippen LogP) is 6.44. The first-order valence-electron chi connectivity index (χ1n) is 38.2. The number of alkyl halides is 7. The molecule has 3 aliphatic heterocycles. The number of halogens is 7. The van der Waals surface area contributed by atoms with Crippen molar-refractivity contribution in [2.45, 2.75) is 268 Å². The van der Waals surface area contributed by atoms with Crippen LogP contribution in [0.2, 0.25) is 0 Å². The fraction of sp³-hybridized carbons (Fsp3) is 0.813. The molecule has 2 unspecified atom stereocenters. The summed E-state index contributed by atoms with van der Waals surface area (Å²) in [4.78, 5) is 191. The minimum atomic E-state index is -5.21. The average Bonchev–Trinajstić information content (AvgIpc) is 1.30. The van der Waals surface area contributed by atoms with Crippen LogP contribution in [0.5, 0.6) is 0 Å². The fourth-order valence-corrected chi connectivity index (χ4v) is 16.9. The summed E-state index contributed by atoms with van der Waals surface area (Å²) in [6.45, 7) is 12.4. The third kappa shape index (κ3) is 21.7. The molecule has 12 atom stereocenters. The van der Waals surface area contributed by atoms with Gasteiger partial charge in [-0.2, -0.15) is 13.2 Å². The topological polar surface area (TPSA) is 279 Å². The van der Waals surface area contributed by atoms with Gasteiger partial charge in [0.05, 0.1) is 25.6 Å². The lowest BCUT2D eigenvalue weighted by atomic mass is 9.58. The number of hydrogen-bond donors (Lipinski definition) is 3. The molecule has 12 amide bonds. The van der Waals surface area contributed by atoms with Crippen molar-refractivity contribution >= 4 is 70.9 Å². The largest absolute Gasteiger partial charge is 0.397 e. The normalized spacial score (nSPS) is 30.9. The molecule has 6 rings (SSSR count). The molecule has 0 aromatic heterocycles. The number of amides is 12. The van der Waals surface area contributed by atoms with Crippen LogP contribution in [0, 0.1) is 35.0 Å². The van der Waals surface area contributed by atoms with E-state index >= 15 is 37.5 Å². The van der Waals surface area contributed by atoms with Crippen molar-refractivity contribution < 1.29 is 93.0 Å². The van der Waals surface area contributed by atoms with Gasteiger partial charge in [-0.3, -0.25) is 57.5 Å². The van der Waals surface area contributed by atoms with E-state index in [9.17, 15) is 50.7 Å². The number of carbonyl (C=O) groups is 12. The predicted molar refractivity (Wildman–Crippen MR) is 383 cm³/mol. The van der Waals surface area contributed by atoms with Gasteiger partial charge in [0, 0.05) is 95.3 Å². The lowest BCUT2D eigenvalue weighted by Crippen LogP contribution is -2.71. The average molecular weight is 1530 g/mol. The van der Waals surface area contributed by atoms with E-state index in [1.807, 2.05) is 27.7 Å². The zero-order valence-corrected chi connectivity index (χ0v) is 65.5. The van der Waals surface area contributed by atoms with Crippen LogP contribution in [-0.4, -0.2) is 289 Å². The monoisotopic (exact) mass is 1530 g/mol. The van der Waals surface area contributed by atoms with Crippen molar-refractivity contribution in [3.8, 4) is 0 Å². The smallest absolute Gasteiger partial charge is 0.377 e. The molecule has 3 aliphatic carbocycles. The Morgan fingerprint density at radius 1 is 0.664 bits per heavy atom. The lowest BCUT2D eigenvalue weighted by molar-refractivity contribution is -0.219. The summed E-state index contributed by atoms with van der Waals surface area (Å²) in [6, 6.07) is -11.4. The maximum Gasteiger partial charge on any atom is 0.397 e. The van der Waals surface area contributed by atoms with Gasteiger partial charge in [0.15, 0.2) is 0 Å². The van der Waals surface area contributed by atoms with Gasteiger partial charge in [-0.05, 0) is 113 Å². The Morgan fingerprint density at radius 3 is 1.82 bits per heavy atom. The summed E-state index contributed by atoms with van der Waals surface area (Å²) in [7, 11) is 10.9. The first-order valence-corrected chi connectivity index (χ1v) is 38.2. The van der Waals surface area contributed by atoms with Crippen LogP contribution < -0.4 is 16.0 Å². The van der Waals surface area contributed by atoms with Crippen molar-refractivity contribution in [3.63, 3.8) is 0 Å². The molecule has 6 aliphatic rings. The van der Waals surface area contributed by atoms with Crippen molar-refractivity contribution in [1.29, 1.82) is 0 Å². The van der Waals surface area contributed by atoms with E-state index in [0.29, 0.717) is 25.7 Å². The molecular formula is C75H119F7N12O13. The van der Waals surface area contributed by atoms with Crippen molar-refractivity contribution in [2.75, 3.05) is 89.2 Å². The van der Waals surface area contributed by atoms with Gasteiger partial charge in [-0.15, -0.1) is 0 Å². The van der Waals surface area contributed by atoms with Gasteiger partial charge in [-0.25, -0.2) is 17.6 Å². The number of nitrogens with zero attached hydrogens (tertiary/aromatic N) is 9. The highest BCUT2D eigenvalue weighted by molar-refractivity contribution is 6.01. The molecule has 606 valence electrons. The Bertz CT molecular complexity index is 3180. The number of hydrogen-bond acceptors (Lipinski definition) is 13. The Labute approximate surface area is 626 Å². The van der Waals surface area contributed by atoms with Crippen molar-refractivity contribution in [1.82, 2.24) is 60.0 Å². The van der Waals surface area contributed by atoms with E-state index in [-0.39, 0.29) is 83.9 Å². The molecule has 1 spiro atoms. The van der Waals surface area contributed by atoms with Crippen LogP contribution in [-0.2, 0) is 62.3 Å². The highest BCUT2D eigenvalue weighted by atomic mass is 19.4. The Hall–Kier alpha value is -7.15. The van der Waals surface area contributed by atoms with Crippen LogP contribution in [0.4, 0.5) is 30.7 Å². The molecule has 5 fully saturated rings. The summed E-state index contributed by atoms with van der Waals surface area (Å²) in [5.41, 5.74) is -2.37. The maximum absolute atomic E-state index is 15.7. The van der Waals surface area contributed by atoms with E-state index in [0.717, 1.165) is 29.4 Å². The van der Waals surface area contributed by atoms with Gasteiger partial charge < -0.3 is 64.8 Å². The third-order valence-electron chi connectivity index (χ3n) is 23.3. The number of carbonyl (C=O) groups excluding carboxylic acids is 12. The maximum atomic E-state index is 15.7. The molecule has 0 aromatic carbocycles. The first kappa shape index (κ1) is 88.7. The summed E-state index contributed by atoms with van der Waals surface area (Å²) in [6.07, 6.45) is -10.9. The third-order valence-corrected chi connectivity index (χ3v) is 23.3. The minimum Gasteiger partial charge on any atom is -0.377 e. The molecule has 107 heavy (non-hydrogen) atoms. The molecule has 0 radical (unpaired) electrons. The van der Waals surface area contributed by atoms with Gasteiger partial charge in [0.25, 0.3) is 0 Å². The highest BCUT2D eigenvalue weighted by Gasteiger charge is 2.60. The summed E-state index contributed by atoms with van der Waals surface area (Å²) in [5.74, 6) is -18.2. The molecule has 32 heteroatoms. The van der Waals surface area contributed by atoms with E-state index in [2.05, 4.69) is 16.0 Å². The van der Waals surface area contributed by atoms with Gasteiger partial charge in [0.1, 0.15) is 72.1 Å². The van der Waals surface area contributed by atoms with E-state index < -0.39 is 242 Å². The van der Waals surface area contributed by atoms with Crippen LogP contribution in [0.15, 0.2) is 12.2 Å². The Morgan fingerprint density at radius 2 is 1.27 bits per heavy atom. The Kier molecular flexibility index (Phi) is 31.1. The molecule has 2 bridgehead atoms. The summed E-state index contributed by atoms with van der Waals surface area (Å²) < 4.78 is 109. The fourth-order valence-electron chi connectivity index (χ4n) is 16.9. The molecule has 3 saturated carbocycles. The molecule has 3 N–H and O–H groups in total. The second kappa shape index (κ2) is 37.5. The molecule has 0 aromatic rings. The van der Waals surface area contributed by atoms with E-state index in [1.54, 1.807) is 39.8 Å². The lowest BCUT2D eigenvalue weighted by Gasteiger charge is -2.54. The molecular weight excluding hydrogens is 1410 g/mol. The van der Waals surface area contributed by atoms with Crippen LogP contribution in [0.3, 0.4) is 0 Å². The second-order valence-electron chi connectivity index (χ2n) is 32.1. The van der Waals surface area contributed by atoms with Gasteiger partial charge >= 0.3 is 6.18 Å². The molecule has 2 saturated heterocycles. The van der Waals surface area contributed by atoms with Crippen molar-refractivity contribution in [3.05, 3.63) is 12.2 Å². The number of rotatable bonds is 15. The SMILES string of the molecule is CCC[C@H]1C(=O)N[C@@H]([C@@H](C)CC)C(=O)N(C)CC(=O)N(C)[C@H]2C/C=C\CCN(C2=O)[C@@H](CC2CCC(F)(F)CC2)C(=O)N(C)CC(=O)N[C@@H](CCC2CC(F)C(C(F)(F)F)C(F)C2)C(=O)N2C[C@H](OCC)C[C@H]2C(=O)NC2(CC(C)(C)C2)C(=O)N(C)[C@@H](C(CC)CC)C(=O)N(C)[C@H](C(=O)N(C)C)CC(=O)N1C. The zero-order valence-electron chi connectivity index (χ0n) is 65.5. The number of likely N-dealkylation sites (N-methyl/N-ethyl adjacent to an activating group) is 7. The Balaban J connectivity index is 1.50. The zero-order chi connectivity index (χ0) is 80.3. The van der Waals surface area contributed by atoms with Crippen LogP contribution in [0.1, 0.15) is 184 Å². The van der Waals surface area contributed by atoms with E-state index in [4.69, 9.17) is 4.74 Å². The summed E-state index contributed by atoms with van der Waals surface area (Å²) in [5, 5.41) is 8.45. The standard InChI is InChI=1S/C75H119F7N12O13/c1-17-25-52-63(98)84-61(44(6)18-2)69(104)88(12)41-59(97)90(14)53-26-23-22-24-33-93(68(53)103)56(36-45-29-31-74(78,79)32-30-45)67(102)87(11)40-57(95)83-51(28-27-46-34-49(76)60(50(77)35-46)75(80,81)82)65(100)94-39-48(107-21-5)37-54(94)64(99)85-73(42-72(7,8)43-73)71(106)92(16)62(47(19-3)20-4)70(105)91(15)55(66(101)86(9)10)38-58(96)89(52)13/h22-23,44-56,60-62H,17-21,24-43H2,1-16H3,(H,83,95)(H,84,98)(H,85,99)/b23-22-/t44-,46?,48+,49?,50?,51-,52-,53-,54-,55-,56-,60?,61-,62-/m0/s1. The van der Waals surface area contributed by atoms with E-state index in [1.165, 1.54) is 71.1 Å². The quantitative estimate of drug-likeness (QED) is 0.118. The molecule has 3 heterocycles. The number of nitrogens with one attached hydrogen (secondary N) is 3. The van der Waals surface area contributed by atoms with Crippen LogP contribution >= 0.6 is 0 Å². The highest BCUT2D eigenvalue weighted by Crippen LogP contribution is 2.50. The van der Waals surface area contributed by atoms with Gasteiger partial charge in [0.2, 0.25) is 76.8 Å². The van der Waals surface area contributed by atoms with Crippen LogP contribution in [0.25, 0.3) is 0 Å². The number of ether oxygens (including phenoxy) is 1.